The molecule has 3 aromatic rings. The molecule has 1 saturated heterocycles. The van der Waals surface area contributed by atoms with E-state index in [1.165, 1.54) is 6.08 Å². The van der Waals surface area contributed by atoms with E-state index in [0.717, 1.165) is 35.4 Å². The first-order valence-electron chi connectivity index (χ1n) is 11.4. The molecule has 1 aliphatic heterocycles. The van der Waals surface area contributed by atoms with E-state index >= 15 is 0 Å². The van der Waals surface area contributed by atoms with E-state index in [1.807, 2.05) is 73.1 Å². The number of halogens is 1. The molecule has 0 bridgehead atoms. The molecule has 6 nitrogen and oxygen atoms in total. The largest absolute Gasteiger partial charge is 0.444 e. The zero-order valence-corrected chi connectivity index (χ0v) is 20.2. The Hall–Kier alpha value is -3.38. The van der Waals surface area contributed by atoms with Crippen molar-refractivity contribution in [2.45, 2.75) is 39.3 Å². The molecule has 2 heterocycles. The number of benzene rings is 2. The van der Waals surface area contributed by atoms with Gasteiger partial charge in [-0.3, -0.25) is 9.48 Å². The molecule has 0 aliphatic carbocycles. The molecule has 34 heavy (non-hydrogen) atoms. The lowest BCUT2D eigenvalue weighted by molar-refractivity contribution is -0.156. The van der Waals surface area contributed by atoms with Gasteiger partial charge in [-0.2, -0.15) is 5.10 Å². The molecule has 4 rings (SSSR count). The maximum Gasteiger partial charge on any atom is 0.331 e. The number of carbonyl (C=O) groups excluding carboxylic acids is 2. The van der Waals surface area contributed by atoms with Gasteiger partial charge in [0.2, 0.25) is 6.10 Å². The zero-order chi connectivity index (χ0) is 24.1. The fraction of sp³-hybridized carbons (Fsp3) is 0.296. The van der Waals surface area contributed by atoms with Crippen molar-refractivity contribution in [1.29, 1.82) is 0 Å². The Labute approximate surface area is 204 Å². The maximum atomic E-state index is 13.1. The molecule has 0 saturated carbocycles. The lowest BCUT2D eigenvalue weighted by Gasteiger charge is -2.23. The van der Waals surface area contributed by atoms with Crippen LogP contribution in [0.15, 0.2) is 60.7 Å². The first-order valence-corrected chi connectivity index (χ1v) is 11.8. The minimum atomic E-state index is -0.957. The van der Waals surface area contributed by atoms with Gasteiger partial charge in [0.25, 0.3) is 5.91 Å². The van der Waals surface area contributed by atoms with Crippen molar-refractivity contribution in [3.63, 3.8) is 0 Å². The van der Waals surface area contributed by atoms with Crippen LogP contribution in [0.2, 0.25) is 5.02 Å². The monoisotopic (exact) mass is 477 g/mol. The SMILES string of the molecule is Cc1nn(Cc2ccccc2Cl)c(C)c1/C=C/C(=O)O[C@@H](C(=O)N1CCCC1)c1ccccc1. The van der Waals surface area contributed by atoms with E-state index in [1.54, 1.807) is 11.0 Å². The maximum absolute atomic E-state index is 13.1. The summed E-state index contributed by atoms with van der Waals surface area (Å²) in [6.45, 7) is 5.76. The number of ether oxygens (including phenoxy) is 1. The Morgan fingerprint density at radius 1 is 1.06 bits per heavy atom. The van der Waals surface area contributed by atoms with Crippen molar-refractivity contribution in [1.82, 2.24) is 14.7 Å². The van der Waals surface area contributed by atoms with Gasteiger partial charge in [0.15, 0.2) is 0 Å². The first kappa shape index (κ1) is 23.8. The number of amides is 1. The third kappa shape index (κ3) is 5.39. The lowest BCUT2D eigenvalue weighted by atomic mass is 10.1. The van der Waals surface area contributed by atoms with Crippen LogP contribution in [-0.4, -0.2) is 39.6 Å². The fourth-order valence-corrected chi connectivity index (χ4v) is 4.39. The standard InChI is InChI=1S/C27H28ClN3O3/c1-19-23(20(2)31(29-19)18-22-12-6-7-13-24(22)28)14-15-25(32)34-26(21-10-4-3-5-11-21)27(33)30-16-8-9-17-30/h3-7,10-15,26H,8-9,16-18H2,1-2H3/b15-14+/t26-/m1/s1. The molecule has 0 radical (unpaired) electrons. The van der Waals surface area contributed by atoms with E-state index in [0.29, 0.717) is 30.2 Å². The number of nitrogens with zero attached hydrogens (tertiary/aromatic N) is 3. The number of aryl methyl sites for hydroxylation is 1. The average molecular weight is 478 g/mol. The number of hydrogen-bond acceptors (Lipinski definition) is 4. The summed E-state index contributed by atoms with van der Waals surface area (Å²) in [5.41, 5.74) is 4.18. The van der Waals surface area contributed by atoms with E-state index in [4.69, 9.17) is 16.3 Å². The van der Waals surface area contributed by atoms with Gasteiger partial charge in [-0.25, -0.2) is 4.79 Å². The predicted molar refractivity (Wildman–Crippen MR) is 132 cm³/mol. The second-order valence-corrected chi connectivity index (χ2v) is 8.83. The minimum Gasteiger partial charge on any atom is -0.444 e. The van der Waals surface area contributed by atoms with Crippen LogP contribution in [0, 0.1) is 13.8 Å². The zero-order valence-electron chi connectivity index (χ0n) is 19.4. The average Bonchev–Trinajstić information content (AvgIpc) is 3.47. The summed E-state index contributed by atoms with van der Waals surface area (Å²) in [4.78, 5) is 27.6. The van der Waals surface area contributed by atoms with E-state index in [9.17, 15) is 9.59 Å². The summed E-state index contributed by atoms with van der Waals surface area (Å²) >= 11 is 6.30. The highest BCUT2D eigenvalue weighted by Gasteiger charge is 2.30. The molecule has 2 aromatic carbocycles. The van der Waals surface area contributed by atoms with Crippen molar-refractivity contribution in [3.8, 4) is 0 Å². The third-order valence-corrected chi connectivity index (χ3v) is 6.45. The predicted octanol–water partition coefficient (Wildman–Crippen LogP) is 5.12. The normalized spacial score (nSPS) is 14.5. The van der Waals surface area contributed by atoms with Crippen LogP contribution in [0.4, 0.5) is 0 Å². The van der Waals surface area contributed by atoms with Gasteiger partial charge in [0, 0.05) is 41.0 Å². The molecular formula is C27H28ClN3O3. The number of rotatable bonds is 7. The number of esters is 1. The number of likely N-dealkylation sites (tertiary alicyclic amines) is 1. The van der Waals surface area contributed by atoms with Gasteiger partial charge in [-0.05, 0) is 44.4 Å². The lowest BCUT2D eigenvalue weighted by Crippen LogP contribution is -2.34. The van der Waals surface area contributed by atoms with Gasteiger partial charge in [-0.1, -0.05) is 60.1 Å². The Morgan fingerprint density at radius 2 is 1.74 bits per heavy atom. The second-order valence-electron chi connectivity index (χ2n) is 8.43. The Kier molecular flexibility index (Phi) is 7.48. The van der Waals surface area contributed by atoms with Gasteiger partial charge in [0.05, 0.1) is 12.2 Å². The highest BCUT2D eigenvalue weighted by Crippen LogP contribution is 2.24. The number of aromatic nitrogens is 2. The van der Waals surface area contributed by atoms with Crippen LogP contribution in [-0.2, 0) is 20.9 Å². The number of hydrogen-bond donors (Lipinski definition) is 0. The minimum absolute atomic E-state index is 0.176. The van der Waals surface area contributed by atoms with E-state index in [-0.39, 0.29) is 5.91 Å². The Balaban J connectivity index is 1.50. The van der Waals surface area contributed by atoms with Gasteiger partial charge in [0.1, 0.15) is 0 Å². The van der Waals surface area contributed by atoms with Crippen LogP contribution in [0.1, 0.15) is 47.0 Å². The summed E-state index contributed by atoms with van der Waals surface area (Å²) in [5.74, 6) is -0.746. The van der Waals surface area contributed by atoms with Crippen molar-refractivity contribution in [2.24, 2.45) is 0 Å². The molecule has 0 spiro atoms. The molecule has 1 atom stereocenters. The first-order chi connectivity index (χ1) is 16.4. The van der Waals surface area contributed by atoms with Crippen LogP contribution >= 0.6 is 11.6 Å². The highest BCUT2D eigenvalue weighted by molar-refractivity contribution is 6.31. The second kappa shape index (κ2) is 10.7. The number of carbonyl (C=O) groups is 2. The van der Waals surface area contributed by atoms with Crippen LogP contribution in [0.5, 0.6) is 0 Å². The summed E-state index contributed by atoms with van der Waals surface area (Å²) in [7, 11) is 0. The summed E-state index contributed by atoms with van der Waals surface area (Å²) in [6, 6.07) is 16.8. The van der Waals surface area contributed by atoms with E-state index < -0.39 is 12.1 Å². The van der Waals surface area contributed by atoms with Crippen LogP contribution in [0.3, 0.4) is 0 Å². The summed E-state index contributed by atoms with van der Waals surface area (Å²) in [5, 5.41) is 5.29. The summed E-state index contributed by atoms with van der Waals surface area (Å²) < 4.78 is 7.54. The molecular weight excluding hydrogens is 450 g/mol. The fourth-order valence-electron chi connectivity index (χ4n) is 4.19. The molecule has 7 heteroatoms. The molecule has 0 unspecified atom stereocenters. The molecule has 1 aliphatic rings. The van der Waals surface area contributed by atoms with Crippen molar-refractivity contribution in [3.05, 3.63) is 93.8 Å². The van der Waals surface area contributed by atoms with Gasteiger partial charge in [-0.15, -0.1) is 0 Å². The van der Waals surface area contributed by atoms with Crippen molar-refractivity contribution < 1.29 is 14.3 Å². The molecule has 1 fully saturated rings. The third-order valence-electron chi connectivity index (χ3n) is 6.08. The van der Waals surface area contributed by atoms with Crippen LogP contribution < -0.4 is 0 Å². The molecule has 176 valence electrons. The Bertz CT molecular complexity index is 1200. The molecule has 1 aromatic heterocycles. The van der Waals surface area contributed by atoms with Gasteiger partial charge >= 0.3 is 5.97 Å². The Morgan fingerprint density at radius 3 is 2.44 bits per heavy atom. The van der Waals surface area contributed by atoms with Crippen LogP contribution in [0.25, 0.3) is 6.08 Å². The topological polar surface area (TPSA) is 64.4 Å². The van der Waals surface area contributed by atoms with E-state index in [2.05, 4.69) is 5.10 Å². The summed E-state index contributed by atoms with van der Waals surface area (Å²) in [6.07, 6.45) is 4.05. The van der Waals surface area contributed by atoms with Crippen molar-refractivity contribution >= 4 is 29.6 Å². The quantitative estimate of drug-likeness (QED) is 0.350. The van der Waals surface area contributed by atoms with Crippen molar-refractivity contribution in [2.75, 3.05) is 13.1 Å². The highest BCUT2D eigenvalue weighted by atomic mass is 35.5. The molecule has 1 amide bonds. The van der Waals surface area contributed by atoms with Gasteiger partial charge < -0.3 is 9.64 Å². The smallest absolute Gasteiger partial charge is 0.331 e. The molecule has 0 N–H and O–H groups in total.